The van der Waals surface area contributed by atoms with Crippen LogP contribution in [0.1, 0.15) is 27.3 Å². The molecular weight excluding hydrogens is 424 g/mol. The van der Waals surface area contributed by atoms with Crippen LogP contribution in [0.2, 0.25) is 0 Å². The fourth-order valence-electron chi connectivity index (χ4n) is 2.89. The van der Waals surface area contributed by atoms with Crippen molar-refractivity contribution in [3.63, 3.8) is 0 Å². The minimum atomic E-state index is -0.513. The summed E-state index contributed by atoms with van der Waals surface area (Å²) >= 11 is 3.48. The normalized spacial score (nSPS) is 11.0. The third-order valence-corrected chi connectivity index (χ3v) is 4.74. The lowest BCUT2D eigenvalue weighted by atomic mass is 10.2. The molecule has 0 atom stereocenters. The van der Waals surface area contributed by atoms with Crippen molar-refractivity contribution in [2.24, 2.45) is 5.10 Å². The molecule has 1 N–H and O–H groups in total. The van der Waals surface area contributed by atoms with Crippen LogP contribution in [-0.2, 0) is 0 Å². The lowest BCUT2D eigenvalue weighted by molar-refractivity contribution is -0.384. The second-order valence-electron chi connectivity index (χ2n) is 6.14. The number of rotatable bonds is 5. The molecule has 1 heterocycles. The topological polar surface area (TPSA) is 89.5 Å². The first kappa shape index (κ1) is 19.5. The van der Waals surface area contributed by atoms with Crippen LogP contribution >= 0.6 is 15.9 Å². The van der Waals surface area contributed by atoms with E-state index in [9.17, 15) is 14.9 Å². The van der Waals surface area contributed by atoms with E-state index in [4.69, 9.17) is 0 Å². The van der Waals surface area contributed by atoms with Gasteiger partial charge < -0.3 is 4.57 Å². The number of hydrogen-bond donors (Lipinski definition) is 1. The summed E-state index contributed by atoms with van der Waals surface area (Å²) in [7, 11) is 0. The number of nitrogens with one attached hydrogen (secondary N) is 1. The predicted molar refractivity (Wildman–Crippen MR) is 111 cm³/mol. The molecule has 0 bridgehead atoms. The highest BCUT2D eigenvalue weighted by atomic mass is 79.9. The molecule has 0 aliphatic heterocycles. The Bertz CT molecular complexity index is 1070. The van der Waals surface area contributed by atoms with Crippen molar-refractivity contribution in [3.05, 3.63) is 91.7 Å². The van der Waals surface area contributed by atoms with E-state index in [0.717, 1.165) is 27.1 Å². The maximum atomic E-state index is 12.1. The summed E-state index contributed by atoms with van der Waals surface area (Å²) in [5.74, 6) is -0.438. The minimum Gasteiger partial charge on any atom is -0.318 e. The lowest BCUT2D eigenvalue weighted by Crippen LogP contribution is -2.17. The Kier molecular flexibility index (Phi) is 5.70. The van der Waals surface area contributed by atoms with Gasteiger partial charge in [0.15, 0.2) is 0 Å². The van der Waals surface area contributed by atoms with Crippen molar-refractivity contribution in [1.29, 1.82) is 0 Å². The lowest BCUT2D eigenvalue weighted by Gasteiger charge is -2.09. The van der Waals surface area contributed by atoms with E-state index in [1.54, 1.807) is 6.21 Å². The standard InChI is InChI=1S/C20H17BrN4O3/c1-13-10-16(14(2)24(13)19-5-3-4-17(21)11-19)12-22-23-20(26)15-6-8-18(9-7-15)25(27)28/h3-12H,1-2H3,(H,23,26)/b22-12-. The number of carbonyl (C=O) groups excluding carboxylic acids is 1. The number of hydrogen-bond acceptors (Lipinski definition) is 4. The van der Waals surface area contributed by atoms with Gasteiger partial charge in [-0.3, -0.25) is 14.9 Å². The number of aromatic nitrogens is 1. The van der Waals surface area contributed by atoms with Gasteiger partial charge in [-0.2, -0.15) is 5.10 Å². The molecule has 1 aromatic heterocycles. The van der Waals surface area contributed by atoms with Gasteiger partial charge in [0, 0.05) is 44.8 Å². The largest absolute Gasteiger partial charge is 0.318 e. The summed E-state index contributed by atoms with van der Waals surface area (Å²) in [5.41, 5.74) is 6.60. The summed E-state index contributed by atoms with van der Waals surface area (Å²) in [4.78, 5) is 22.3. The molecule has 3 aromatic rings. The molecule has 0 radical (unpaired) electrons. The quantitative estimate of drug-likeness (QED) is 0.359. The van der Waals surface area contributed by atoms with Crippen molar-refractivity contribution < 1.29 is 9.72 Å². The molecule has 28 heavy (non-hydrogen) atoms. The Labute approximate surface area is 170 Å². The Morgan fingerprint density at radius 2 is 1.89 bits per heavy atom. The van der Waals surface area contributed by atoms with E-state index in [0.29, 0.717) is 5.56 Å². The summed E-state index contributed by atoms with van der Waals surface area (Å²) in [6, 6.07) is 15.3. The highest BCUT2D eigenvalue weighted by molar-refractivity contribution is 9.10. The van der Waals surface area contributed by atoms with Gasteiger partial charge in [-0.15, -0.1) is 0 Å². The van der Waals surface area contributed by atoms with Gasteiger partial charge in [0.1, 0.15) is 0 Å². The second-order valence-corrected chi connectivity index (χ2v) is 7.06. The Morgan fingerprint density at radius 1 is 1.18 bits per heavy atom. The van der Waals surface area contributed by atoms with E-state index >= 15 is 0 Å². The highest BCUT2D eigenvalue weighted by Gasteiger charge is 2.11. The third kappa shape index (κ3) is 4.17. The first-order valence-electron chi connectivity index (χ1n) is 8.39. The van der Waals surface area contributed by atoms with Gasteiger partial charge >= 0.3 is 0 Å². The van der Waals surface area contributed by atoms with E-state index in [2.05, 4.69) is 31.0 Å². The molecule has 2 aromatic carbocycles. The van der Waals surface area contributed by atoms with Crippen molar-refractivity contribution in [2.45, 2.75) is 13.8 Å². The second kappa shape index (κ2) is 8.18. The van der Waals surface area contributed by atoms with Crippen LogP contribution in [0.25, 0.3) is 5.69 Å². The van der Waals surface area contributed by atoms with Crippen LogP contribution in [0.5, 0.6) is 0 Å². The van der Waals surface area contributed by atoms with E-state index in [1.807, 2.05) is 44.2 Å². The molecular formula is C20H17BrN4O3. The fourth-order valence-corrected chi connectivity index (χ4v) is 3.28. The van der Waals surface area contributed by atoms with Crippen molar-refractivity contribution in [1.82, 2.24) is 9.99 Å². The average molecular weight is 441 g/mol. The number of amides is 1. The summed E-state index contributed by atoms with van der Waals surface area (Å²) in [5, 5.41) is 14.7. The number of nitro groups is 1. The Hall–Kier alpha value is -3.26. The van der Waals surface area contributed by atoms with E-state index in [-0.39, 0.29) is 5.69 Å². The summed E-state index contributed by atoms with van der Waals surface area (Å²) < 4.78 is 3.09. The minimum absolute atomic E-state index is 0.0694. The van der Waals surface area contributed by atoms with E-state index < -0.39 is 10.8 Å². The van der Waals surface area contributed by atoms with Crippen molar-refractivity contribution >= 4 is 33.7 Å². The monoisotopic (exact) mass is 440 g/mol. The Balaban J connectivity index is 1.75. The number of nitrogens with zero attached hydrogens (tertiary/aromatic N) is 3. The molecule has 7 nitrogen and oxygen atoms in total. The molecule has 142 valence electrons. The predicted octanol–water partition coefficient (Wildman–Crippen LogP) is 4.53. The smallest absolute Gasteiger partial charge is 0.271 e. The zero-order valence-electron chi connectivity index (χ0n) is 15.2. The molecule has 1 amide bonds. The summed E-state index contributed by atoms with van der Waals surface area (Å²) in [6.45, 7) is 3.98. The molecule has 8 heteroatoms. The van der Waals surface area contributed by atoms with Crippen molar-refractivity contribution in [3.8, 4) is 5.69 Å². The van der Waals surface area contributed by atoms with Gasteiger partial charge in [0.25, 0.3) is 11.6 Å². The number of carbonyl (C=O) groups is 1. The fraction of sp³-hybridized carbons (Fsp3) is 0.100. The molecule has 3 rings (SSSR count). The number of benzene rings is 2. The number of non-ortho nitro benzene ring substituents is 1. The van der Waals surface area contributed by atoms with Crippen LogP contribution in [0.15, 0.2) is 64.2 Å². The number of nitro benzene ring substituents is 1. The first-order chi connectivity index (χ1) is 13.4. The van der Waals surface area contributed by atoms with Crippen LogP contribution in [0.4, 0.5) is 5.69 Å². The third-order valence-electron chi connectivity index (χ3n) is 4.25. The van der Waals surface area contributed by atoms with Gasteiger partial charge in [-0.25, -0.2) is 5.43 Å². The zero-order chi connectivity index (χ0) is 20.3. The molecule has 0 saturated carbocycles. The first-order valence-corrected chi connectivity index (χ1v) is 9.19. The van der Waals surface area contributed by atoms with E-state index in [1.165, 1.54) is 24.3 Å². The molecule has 0 spiro atoms. The number of aryl methyl sites for hydroxylation is 1. The summed E-state index contributed by atoms with van der Waals surface area (Å²) in [6.07, 6.45) is 1.58. The average Bonchev–Trinajstić information content (AvgIpc) is 2.95. The molecule has 0 aliphatic carbocycles. The van der Waals surface area contributed by atoms with Crippen LogP contribution < -0.4 is 5.43 Å². The maximum absolute atomic E-state index is 12.1. The van der Waals surface area contributed by atoms with Gasteiger partial charge in [0.2, 0.25) is 0 Å². The number of hydrazone groups is 1. The zero-order valence-corrected chi connectivity index (χ0v) is 16.8. The van der Waals surface area contributed by atoms with Crippen LogP contribution in [0, 0.1) is 24.0 Å². The van der Waals surface area contributed by atoms with Gasteiger partial charge in [-0.1, -0.05) is 22.0 Å². The van der Waals surface area contributed by atoms with Gasteiger partial charge in [0.05, 0.1) is 11.1 Å². The molecule has 0 unspecified atom stereocenters. The molecule has 0 fully saturated rings. The van der Waals surface area contributed by atoms with Crippen LogP contribution in [-0.4, -0.2) is 21.6 Å². The van der Waals surface area contributed by atoms with Crippen LogP contribution in [0.3, 0.4) is 0 Å². The number of halogens is 1. The SMILES string of the molecule is Cc1cc(/C=N\NC(=O)c2ccc([N+](=O)[O-])cc2)c(C)n1-c1cccc(Br)c1. The van der Waals surface area contributed by atoms with Crippen molar-refractivity contribution in [2.75, 3.05) is 0 Å². The molecule has 0 saturated heterocycles. The van der Waals surface area contributed by atoms with Gasteiger partial charge in [-0.05, 0) is 50.2 Å². The maximum Gasteiger partial charge on any atom is 0.271 e. The Morgan fingerprint density at radius 3 is 2.54 bits per heavy atom. The molecule has 0 aliphatic rings. The highest BCUT2D eigenvalue weighted by Crippen LogP contribution is 2.22.